The first-order valence-corrected chi connectivity index (χ1v) is 5.96. The monoisotopic (exact) mass is 288 g/mol. The number of ether oxygens (including phenoxy) is 1. The van der Waals surface area contributed by atoms with Gasteiger partial charge in [0, 0.05) is 6.21 Å². The summed E-state index contributed by atoms with van der Waals surface area (Å²) >= 11 is 0. The lowest BCUT2D eigenvalue weighted by Gasteiger charge is -2.02. The molecule has 0 saturated heterocycles. The van der Waals surface area contributed by atoms with Crippen LogP contribution in [0.5, 0.6) is 0 Å². The van der Waals surface area contributed by atoms with E-state index in [-0.39, 0.29) is 0 Å². The van der Waals surface area contributed by atoms with Crippen LogP contribution in [0.15, 0.2) is 34.5 Å². The number of carbonyl (C=O) groups is 3. The largest absolute Gasteiger partial charge is 0.465 e. The Labute approximate surface area is 119 Å². The SMILES string of the molecule is COC(=O)c1ccc(/C=N\NC(=O)[C@@H]2C=NNC2=O)cc1. The summed E-state index contributed by atoms with van der Waals surface area (Å²) in [4.78, 5) is 34.0. The quantitative estimate of drug-likeness (QED) is 0.342. The van der Waals surface area contributed by atoms with Crippen LogP contribution in [0, 0.1) is 5.92 Å². The van der Waals surface area contributed by atoms with E-state index >= 15 is 0 Å². The Kier molecular flexibility index (Phi) is 4.39. The van der Waals surface area contributed by atoms with Crippen LogP contribution in [0.2, 0.25) is 0 Å². The third-order valence-electron chi connectivity index (χ3n) is 2.68. The number of hydrazone groups is 2. The van der Waals surface area contributed by atoms with E-state index in [1.165, 1.54) is 19.5 Å². The maximum Gasteiger partial charge on any atom is 0.337 e. The summed E-state index contributed by atoms with van der Waals surface area (Å²) in [6.45, 7) is 0. The van der Waals surface area contributed by atoms with E-state index in [2.05, 4.69) is 25.8 Å². The number of hydrogen-bond acceptors (Lipinski definition) is 6. The number of esters is 1. The van der Waals surface area contributed by atoms with Crippen molar-refractivity contribution in [3.05, 3.63) is 35.4 Å². The molecule has 2 rings (SSSR count). The van der Waals surface area contributed by atoms with Gasteiger partial charge in [0.2, 0.25) is 0 Å². The molecule has 21 heavy (non-hydrogen) atoms. The summed E-state index contributed by atoms with van der Waals surface area (Å²) in [5, 5.41) is 7.22. The summed E-state index contributed by atoms with van der Waals surface area (Å²) in [5.41, 5.74) is 5.48. The normalized spacial score (nSPS) is 16.8. The van der Waals surface area contributed by atoms with Crippen LogP contribution >= 0.6 is 0 Å². The first kappa shape index (κ1) is 14.4. The van der Waals surface area contributed by atoms with Crippen molar-refractivity contribution >= 4 is 30.2 Å². The number of carbonyl (C=O) groups excluding carboxylic acids is 3. The van der Waals surface area contributed by atoms with E-state index in [0.29, 0.717) is 11.1 Å². The second kappa shape index (κ2) is 6.42. The van der Waals surface area contributed by atoms with Gasteiger partial charge in [0.25, 0.3) is 11.8 Å². The first-order chi connectivity index (χ1) is 10.1. The summed E-state index contributed by atoms with van der Waals surface area (Å²) < 4.78 is 4.58. The van der Waals surface area contributed by atoms with Gasteiger partial charge in [0.05, 0.1) is 18.9 Å². The zero-order valence-electron chi connectivity index (χ0n) is 11.1. The van der Waals surface area contributed by atoms with Crippen molar-refractivity contribution in [1.29, 1.82) is 0 Å². The smallest absolute Gasteiger partial charge is 0.337 e. The molecule has 0 fully saturated rings. The van der Waals surface area contributed by atoms with Gasteiger partial charge in [-0.1, -0.05) is 12.1 Å². The minimum absolute atomic E-state index is 0.414. The molecule has 0 spiro atoms. The molecule has 0 bridgehead atoms. The fourth-order valence-electron chi connectivity index (χ4n) is 1.56. The van der Waals surface area contributed by atoms with Gasteiger partial charge in [-0.2, -0.15) is 10.2 Å². The Morgan fingerprint density at radius 3 is 2.67 bits per heavy atom. The topological polar surface area (TPSA) is 109 Å². The molecular formula is C13H12N4O4. The number of benzene rings is 1. The van der Waals surface area contributed by atoms with Crippen LogP contribution in [0.25, 0.3) is 0 Å². The highest BCUT2D eigenvalue weighted by Gasteiger charge is 2.28. The van der Waals surface area contributed by atoms with E-state index in [4.69, 9.17) is 0 Å². The van der Waals surface area contributed by atoms with E-state index in [1.54, 1.807) is 24.3 Å². The van der Waals surface area contributed by atoms with Gasteiger partial charge in [0.1, 0.15) is 0 Å². The second-order valence-corrected chi connectivity index (χ2v) is 4.08. The maximum absolute atomic E-state index is 11.6. The molecule has 0 aromatic heterocycles. The second-order valence-electron chi connectivity index (χ2n) is 4.08. The van der Waals surface area contributed by atoms with Crippen LogP contribution in [0.1, 0.15) is 15.9 Å². The molecule has 2 amide bonds. The fraction of sp³-hybridized carbons (Fsp3) is 0.154. The summed E-state index contributed by atoms with van der Waals surface area (Å²) in [6, 6.07) is 6.44. The molecule has 8 heteroatoms. The Hall–Kier alpha value is -3.03. The van der Waals surface area contributed by atoms with Gasteiger partial charge in [-0.3, -0.25) is 9.59 Å². The number of amides is 2. The van der Waals surface area contributed by atoms with Crippen molar-refractivity contribution in [2.75, 3.05) is 7.11 Å². The number of nitrogens with zero attached hydrogens (tertiary/aromatic N) is 2. The molecule has 1 aromatic rings. The van der Waals surface area contributed by atoms with Crippen molar-refractivity contribution < 1.29 is 19.1 Å². The molecule has 108 valence electrons. The van der Waals surface area contributed by atoms with Gasteiger partial charge in [-0.15, -0.1) is 0 Å². The van der Waals surface area contributed by atoms with Gasteiger partial charge < -0.3 is 4.74 Å². The molecule has 1 aromatic carbocycles. The summed E-state index contributed by atoms with van der Waals surface area (Å²) in [6.07, 6.45) is 2.60. The van der Waals surface area contributed by atoms with E-state index in [9.17, 15) is 14.4 Å². The lowest BCUT2D eigenvalue weighted by atomic mass is 10.1. The van der Waals surface area contributed by atoms with Crippen molar-refractivity contribution in [1.82, 2.24) is 10.9 Å². The lowest BCUT2D eigenvalue weighted by Crippen LogP contribution is -2.34. The zero-order valence-corrected chi connectivity index (χ0v) is 11.1. The van der Waals surface area contributed by atoms with Crippen molar-refractivity contribution in [2.24, 2.45) is 16.1 Å². The van der Waals surface area contributed by atoms with Crippen LogP contribution in [0.4, 0.5) is 0 Å². The number of methoxy groups -OCH3 is 1. The molecule has 1 aliphatic rings. The highest BCUT2D eigenvalue weighted by Crippen LogP contribution is 2.04. The standard InChI is InChI=1S/C13H12N4O4/c1-21-13(20)9-4-2-8(3-5-9)6-14-16-11(18)10-7-15-17-12(10)19/h2-7,10H,1H3,(H,16,18)(H,17,19)/b14-6-/t10-/m0/s1. The lowest BCUT2D eigenvalue weighted by molar-refractivity contribution is -0.131. The third-order valence-corrected chi connectivity index (χ3v) is 2.68. The van der Waals surface area contributed by atoms with E-state index in [1.807, 2.05) is 0 Å². The Morgan fingerprint density at radius 2 is 2.10 bits per heavy atom. The average molecular weight is 288 g/mol. The molecule has 0 saturated carbocycles. The molecule has 0 unspecified atom stereocenters. The number of hydrogen-bond donors (Lipinski definition) is 2. The molecule has 8 nitrogen and oxygen atoms in total. The Balaban J connectivity index is 1.92. The van der Waals surface area contributed by atoms with Crippen molar-refractivity contribution in [3.63, 3.8) is 0 Å². The van der Waals surface area contributed by atoms with Crippen molar-refractivity contribution in [2.45, 2.75) is 0 Å². The van der Waals surface area contributed by atoms with Crippen LogP contribution in [0.3, 0.4) is 0 Å². The highest BCUT2D eigenvalue weighted by atomic mass is 16.5. The predicted octanol–water partition coefficient (Wildman–Crippen LogP) is -0.345. The highest BCUT2D eigenvalue weighted by molar-refractivity contribution is 6.15. The van der Waals surface area contributed by atoms with Gasteiger partial charge in [-0.25, -0.2) is 15.6 Å². The number of nitrogens with one attached hydrogen (secondary N) is 2. The van der Waals surface area contributed by atoms with E-state index < -0.39 is 23.7 Å². The molecule has 0 aliphatic carbocycles. The Morgan fingerprint density at radius 1 is 1.38 bits per heavy atom. The first-order valence-electron chi connectivity index (χ1n) is 5.96. The average Bonchev–Trinajstić information content (AvgIpc) is 2.93. The molecule has 2 N–H and O–H groups in total. The Bertz CT molecular complexity index is 622. The summed E-state index contributed by atoms with van der Waals surface area (Å²) in [5.74, 6) is -2.47. The molecule has 1 aliphatic heterocycles. The molecular weight excluding hydrogens is 276 g/mol. The van der Waals surface area contributed by atoms with E-state index in [0.717, 1.165) is 0 Å². The van der Waals surface area contributed by atoms with Crippen LogP contribution in [-0.2, 0) is 14.3 Å². The summed E-state index contributed by atoms with van der Waals surface area (Å²) in [7, 11) is 1.30. The predicted molar refractivity (Wildman–Crippen MR) is 73.6 cm³/mol. The zero-order chi connectivity index (χ0) is 15.2. The van der Waals surface area contributed by atoms with Gasteiger partial charge in [0.15, 0.2) is 5.92 Å². The van der Waals surface area contributed by atoms with Crippen molar-refractivity contribution in [3.8, 4) is 0 Å². The molecule has 1 atom stereocenters. The van der Waals surface area contributed by atoms with Crippen LogP contribution < -0.4 is 10.9 Å². The molecule has 0 radical (unpaired) electrons. The minimum atomic E-state index is -0.969. The maximum atomic E-state index is 11.6. The van der Waals surface area contributed by atoms with Gasteiger partial charge in [-0.05, 0) is 17.7 Å². The van der Waals surface area contributed by atoms with Crippen LogP contribution in [-0.4, -0.2) is 37.3 Å². The molecule has 1 heterocycles. The number of rotatable bonds is 4. The fourth-order valence-corrected chi connectivity index (χ4v) is 1.56. The third kappa shape index (κ3) is 3.50. The van der Waals surface area contributed by atoms with Gasteiger partial charge >= 0.3 is 5.97 Å². The minimum Gasteiger partial charge on any atom is -0.465 e.